The highest BCUT2D eigenvalue weighted by atomic mass is 16.4. The molecule has 0 aromatic carbocycles. The molecular weight excluding hydrogens is 190 g/mol. The molecule has 0 aliphatic heterocycles. The fourth-order valence-corrected chi connectivity index (χ4v) is 0.609. The van der Waals surface area contributed by atoms with Crippen LogP contribution in [0.1, 0.15) is 13.3 Å². The van der Waals surface area contributed by atoms with Gasteiger partial charge in [0, 0.05) is 0 Å². The van der Waals surface area contributed by atoms with Crippen molar-refractivity contribution in [2.24, 2.45) is 11.5 Å². The molecule has 2 amide bonds. The van der Waals surface area contributed by atoms with Gasteiger partial charge in [-0.05, 0) is 6.92 Å². The van der Waals surface area contributed by atoms with Gasteiger partial charge < -0.3 is 16.6 Å². The second kappa shape index (κ2) is 5.30. The van der Waals surface area contributed by atoms with E-state index in [-0.39, 0.29) is 0 Å². The van der Waals surface area contributed by atoms with Crippen LogP contribution in [0.5, 0.6) is 0 Å². The van der Waals surface area contributed by atoms with E-state index in [0.717, 1.165) is 0 Å². The maximum Gasteiger partial charge on any atom is 0.305 e. The van der Waals surface area contributed by atoms with E-state index in [0.29, 0.717) is 0 Å². The summed E-state index contributed by atoms with van der Waals surface area (Å²) in [5.41, 5.74) is 10.3. The van der Waals surface area contributed by atoms with Crippen molar-refractivity contribution in [1.82, 2.24) is 5.32 Å². The molecule has 0 radical (unpaired) electrons. The molecule has 0 aliphatic rings. The molecule has 80 valence electrons. The highest BCUT2D eigenvalue weighted by molar-refractivity contribution is 6.00. The van der Waals surface area contributed by atoms with Crippen LogP contribution in [0.4, 0.5) is 0 Å². The number of amides is 2. The number of carboxylic acids is 1. The smallest absolute Gasteiger partial charge is 0.305 e. The van der Waals surface area contributed by atoms with E-state index in [4.69, 9.17) is 16.6 Å². The van der Waals surface area contributed by atoms with Gasteiger partial charge in [0.15, 0.2) is 0 Å². The van der Waals surface area contributed by atoms with Crippen molar-refractivity contribution in [2.45, 2.75) is 25.4 Å². The van der Waals surface area contributed by atoms with Gasteiger partial charge in [0.05, 0.1) is 18.5 Å². The molecule has 0 spiro atoms. The number of carbonyl (C=O) groups is 3. The molecule has 0 aliphatic carbocycles. The SMILES string of the molecule is C[C@@H](N)C(=O)NC(=O)[C@H](N)CC(=O)O. The van der Waals surface area contributed by atoms with Crippen LogP contribution in [-0.4, -0.2) is 35.0 Å². The molecule has 7 nitrogen and oxygen atoms in total. The third-order valence-electron chi connectivity index (χ3n) is 1.39. The molecular formula is C7H13N3O4. The summed E-state index contributed by atoms with van der Waals surface area (Å²) in [5, 5.41) is 10.2. The first kappa shape index (κ1) is 12.5. The van der Waals surface area contributed by atoms with Crippen molar-refractivity contribution in [3.63, 3.8) is 0 Å². The number of nitrogens with one attached hydrogen (secondary N) is 1. The summed E-state index contributed by atoms with van der Waals surface area (Å²) in [4.78, 5) is 32.1. The quantitative estimate of drug-likeness (QED) is 0.408. The van der Waals surface area contributed by atoms with Crippen molar-refractivity contribution < 1.29 is 19.5 Å². The van der Waals surface area contributed by atoms with Crippen LogP contribution in [0.25, 0.3) is 0 Å². The van der Waals surface area contributed by atoms with Gasteiger partial charge in [0.2, 0.25) is 11.8 Å². The molecule has 2 atom stereocenters. The van der Waals surface area contributed by atoms with Crippen molar-refractivity contribution in [3.05, 3.63) is 0 Å². The van der Waals surface area contributed by atoms with Crippen molar-refractivity contribution in [1.29, 1.82) is 0 Å². The molecule has 14 heavy (non-hydrogen) atoms. The van der Waals surface area contributed by atoms with Gasteiger partial charge in [-0.25, -0.2) is 0 Å². The van der Waals surface area contributed by atoms with Crippen molar-refractivity contribution in [2.75, 3.05) is 0 Å². The molecule has 0 unspecified atom stereocenters. The first-order valence-corrected chi connectivity index (χ1v) is 3.92. The fraction of sp³-hybridized carbons (Fsp3) is 0.571. The standard InChI is InChI=1S/C7H13N3O4/c1-3(8)6(13)10-7(14)4(9)2-5(11)12/h3-4H,2,8-9H2,1H3,(H,11,12)(H,10,13,14)/t3-,4-/m1/s1. The van der Waals surface area contributed by atoms with E-state index < -0.39 is 36.3 Å². The number of hydrogen-bond donors (Lipinski definition) is 4. The summed E-state index contributed by atoms with van der Waals surface area (Å²) in [6.07, 6.45) is -0.530. The fourth-order valence-electron chi connectivity index (χ4n) is 0.609. The van der Waals surface area contributed by atoms with Crippen LogP contribution in [0.2, 0.25) is 0 Å². The van der Waals surface area contributed by atoms with Gasteiger partial charge >= 0.3 is 5.97 Å². The van der Waals surface area contributed by atoms with E-state index in [1.165, 1.54) is 6.92 Å². The van der Waals surface area contributed by atoms with Crippen LogP contribution in [0.3, 0.4) is 0 Å². The lowest BCUT2D eigenvalue weighted by molar-refractivity contribution is -0.140. The zero-order valence-corrected chi connectivity index (χ0v) is 7.69. The number of nitrogens with two attached hydrogens (primary N) is 2. The van der Waals surface area contributed by atoms with E-state index >= 15 is 0 Å². The van der Waals surface area contributed by atoms with E-state index in [2.05, 4.69) is 0 Å². The van der Waals surface area contributed by atoms with Crippen LogP contribution in [0.15, 0.2) is 0 Å². The van der Waals surface area contributed by atoms with Crippen molar-refractivity contribution >= 4 is 17.8 Å². The lowest BCUT2D eigenvalue weighted by atomic mass is 10.2. The predicted octanol–water partition coefficient (Wildman–Crippen LogP) is -2.22. The Morgan fingerprint density at radius 2 is 1.79 bits per heavy atom. The Hall–Kier alpha value is -1.47. The molecule has 0 bridgehead atoms. The Bertz CT molecular complexity index is 251. The summed E-state index contributed by atoms with van der Waals surface area (Å²) < 4.78 is 0. The number of rotatable bonds is 4. The van der Waals surface area contributed by atoms with Gasteiger partial charge in [-0.15, -0.1) is 0 Å². The summed E-state index contributed by atoms with van der Waals surface area (Å²) in [7, 11) is 0. The Labute approximate surface area is 80.4 Å². The minimum Gasteiger partial charge on any atom is -0.481 e. The molecule has 0 aromatic heterocycles. The lowest BCUT2D eigenvalue weighted by Gasteiger charge is -2.10. The first-order valence-electron chi connectivity index (χ1n) is 3.92. The van der Waals surface area contributed by atoms with E-state index in [9.17, 15) is 14.4 Å². The number of carbonyl (C=O) groups excluding carboxylic acids is 2. The summed E-state index contributed by atoms with van der Waals surface area (Å²) in [6.45, 7) is 1.39. The average Bonchev–Trinajstić information content (AvgIpc) is 2.02. The lowest BCUT2D eigenvalue weighted by Crippen LogP contribution is -2.49. The summed E-state index contributed by atoms with van der Waals surface area (Å²) in [5.74, 6) is -2.73. The summed E-state index contributed by atoms with van der Waals surface area (Å²) in [6, 6.07) is -2.08. The Balaban J connectivity index is 4.08. The zero-order chi connectivity index (χ0) is 11.3. The topological polar surface area (TPSA) is 136 Å². The van der Waals surface area contributed by atoms with Gasteiger partial charge in [-0.2, -0.15) is 0 Å². The second-order valence-electron chi connectivity index (χ2n) is 2.85. The Morgan fingerprint density at radius 3 is 2.14 bits per heavy atom. The van der Waals surface area contributed by atoms with Gasteiger partial charge in [0.1, 0.15) is 0 Å². The molecule has 0 aromatic rings. The second-order valence-corrected chi connectivity index (χ2v) is 2.85. The minimum absolute atomic E-state index is 0.530. The molecule has 0 saturated heterocycles. The molecule has 6 N–H and O–H groups in total. The summed E-state index contributed by atoms with van der Waals surface area (Å²) >= 11 is 0. The number of carboxylic acid groups (broad SMARTS) is 1. The number of hydrogen-bond acceptors (Lipinski definition) is 5. The number of aliphatic carboxylic acids is 1. The van der Waals surface area contributed by atoms with Gasteiger partial charge in [0.25, 0.3) is 0 Å². The average molecular weight is 203 g/mol. The maximum atomic E-state index is 11.0. The Morgan fingerprint density at radius 1 is 1.29 bits per heavy atom. The zero-order valence-electron chi connectivity index (χ0n) is 7.69. The van der Waals surface area contributed by atoms with E-state index in [1.807, 2.05) is 5.32 Å². The van der Waals surface area contributed by atoms with Gasteiger partial charge in [-0.3, -0.25) is 19.7 Å². The normalized spacial score (nSPS) is 14.2. The largest absolute Gasteiger partial charge is 0.481 e. The third-order valence-corrected chi connectivity index (χ3v) is 1.39. The maximum absolute atomic E-state index is 11.0. The molecule has 0 saturated carbocycles. The molecule has 0 heterocycles. The van der Waals surface area contributed by atoms with Crippen molar-refractivity contribution in [3.8, 4) is 0 Å². The highest BCUT2D eigenvalue weighted by Crippen LogP contribution is 1.88. The highest BCUT2D eigenvalue weighted by Gasteiger charge is 2.20. The predicted molar refractivity (Wildman–Crippen MR) is 47.0 cm³/mol. The van der Waals surface area contributed by atoms with E-state index in [1.54, 1.807) is 0 Å². The van der Waals surface area contributed by atoms with Crippen LogP contribution in [0, 0.1) is 0 Å². The minimum atomic E-state index is -1.24. The third kappa shape index (κ3) is 4.53. The van der Waals surface area contributed by atoms with Crippen LogP contribution < -0.4 is 16.8 Å². The monoisotopic (exact) mass is 203 g/mol. The molecule has 0 fully saturated rings. The molecule has 0 rings (SSSR count). The molecule has 7 heteroatoms. The first-order chi connectivity index (χ1) is 6.34. The van der Waals surface area contributed by atoms with Gasteiger partial charge in [-0.1, -0.05) is 0 Å². The Kier molecular flexibility index (Phi) is 4.74. The number of imide groups is 1. The van der Waals surface area contributed by atoms with Crippen LogP contribution >= 0.6 is 0 Å². The van der Waals surface area contributed by atoms with Crippen LogP contribution in [-0.2, 0) is 14.4 Å².